The van der Waals surface area contributed by atoms with Gasteiger partial charge in [-0.05, 0) is 36.5 Å². The van der Waals surface area contributed by atoms with Gasteiger partial charge < -0.3 is 15.5 Å². The minimum absolute atomic E-state index is 0.00190. The second kappa shape index (κ2) is 10.6. The third kappa shape index (κ3) is 5.12. The van der Waals surface area contributed by atoms with Crippen LogP contribution >= 0.6 is 0 Å². The zero-order chi connectivity index (χ0) is 23.3. The molecule has 32 heavy (non-hydrogen) atoms. The number of carbonyl (C=O) groups is 2. The summed E-state index contributed by atoms with van der Waals surface area (Å²) >= 11 is 0. The largest absolute Gasteiger partial charge is 0.337 e. The summed E-state index contributed by atoms with van der Waals surface area (Å²) in [5, 5.41) is 11.8. The third-order valence-electron chi connectivity index (χ3n) is 6.17. The summed E-state index contributed by atoms with van der Waals surface area (Å²) in [6.45, 7) is 10.7. The highest BCUT2D eigenvalue weighted by molar-refractivity contribution is 5.98. The Bertz CT molecular complexity index is 877. The minimum Gasteiger partial charge on any atom is -0.337 e. The van der Waals surface area contributed by atoms with Crippen molar-refractivity contribution in [3.63, 3.8) is 0 Å². The number of hydrazone groups is 1. The molecule has 4 aliphatic rings. The van der Waals surface area contributed by atoms with Crippen LogP contribution in [0.1, 0.15) is 67.9 Å². The van der Waals surface area contributed by atoms with E-state index in [2.05, 4.69) is 46.8 Å². The van der Waals surface area contributed by atoms with E-state index in [1.54, 1.807) is 4.90 Å². The van der Waals surface area contributed by atoms with E-state index in [0.717, 1.165) is 24.1 Å². The number of hydrogen-bond donors (Lipinski definition) is 3. The minimum atomic E-state index is -0.186. The van der Waals surface area contributed by atoms with Crippen molar-refractivity contribution in [2.24, 2.45) is 5.10 Å². The first-order valence-corrected chi connectivity index (χ1v) is 11.7. The first kappa shape index (κ1) is 23.8. The van der Waals surface area contributed by atoms with Crippen LogP contribution in [0.3, 0.4) is 0 Å². The Labute approximate surface area is 191 Å². The summed E-state index contributed by atoms with van der Waals surface area (Å²) in [5.74, 6) is 0.158. The molecular formula is C24H36N6O2. The maximum atomic E-state index is 11.6. The molecule has 2 atom stereocenters. The zero-order valence-corrected chi connectivity index (χ0v) is 19.6. The second-order valence-corrected chi connectivity index (χ2v) is 8.31. The average Bonchev–Trinajstić information content (AvgIpc) is 3.59. The first-order chi connectivity index (χ1) is 15.5. The molecule has 3 amide bonds. The van der Waals surface area contributed by atoms with E-state index in [1.807, 2.05) is 38.3 Å². The van der Waals surface area contributed by atoms with E-state index in [-0.39, 0.29) is 24.0 Å². The van der Waals surface area contributed by atoms with Crippen LogP contribution in [-0.4, -0.2) is 53.3 Å². The molecule has 8 nitrogen and oxygen atoms in total. The molecule has 5 rings (SSSR count). The Kier molecular flexibility index (Phi) is 7.90. The number of hydrogen-bond acceptors (Lipinski definition) is 5. The lowest BCUT2D eigenvalue weighted by molar-refractivity contribution is 0.0816. The number of rotatable bonds is 3. The van der Waals surface area contributed by atoms with Gasteiger partial charge in [-0.15, -0.1) is 0 Å². The normalized spacial score (nSPS) is 23.9. The highest BCUT2D eigenvalue weighted by atomic mass is 16.2. The van der Waals surface area contributed by atoms with E-state index in [9.17, 15) is 9.59 Å². The van der Waals surface area contributed by atoms with Crippen molar-refractivity contribution >= 4 is 18.2 Å². The summed E-state index contributed by atoms with van der Waals surface area (Å²) in [5.41, 5.74) is 7.31. The van der Waals surface area contributed by atoms with Gasteiger partial charge in [-0.3, -0.25) is 4.79 Å². The number of nitrogens with zero attached hydrogens (tertiary/aromatic N) is 3. The highest BCUT2D eigenvalue weighted by Gasteiger charge is 2.36. The molecule has 1 aliphatic carbocycles. The molecule has 2 unspecified atom stereocenters. The average molecular weight is 441 g/mol. The zero-order valence-electron chi connectivity index (χ0n) is 19.6. The van der Waals surface area contributed by atoms with Gasteiger partial charge in [-0.1, -0.05) is 52.3 Å². The topological polar surface area (TPSA) is 89.1 Å². The first-order valence-electron chi connectivity index (χ1n) is 11.7. The van der Waals surface area contributed by atoms with Gasteiger partial charge in [-0.2, -0.15) is 5.10 Å². The monoisotopic (exact) mass is 440 g/mol. The van der Waals surface area contributed by atoms with Gasteiger partial charge >= 0.3 is 6.03 Å². The molecule has 0 radical (unpaired) electrons. The van der Waals surface area contributed by atoms with Gasteiger partial charge in [0.15, 0.2) is 0 Å². The fourth-order valence-electron chi connectivity index (χ4n) is 4.38. The Morgan fingerprint density at radius 3 is 2.53 bits per heavy atom. The lowest BCUT2D eigenvalue weighted by Gasteiger charge is -2.25. The van der Waals surface area contributed by atoms with E-state index >= 15 is 0 Å². The van der Waals surface area contributed by atoms with Gasteiger partial charge in [0.1, 0.15) is 0 Å². The van der Waals surface area contributed by atoms with Crippen molar-refractivity contribution in [1.82, 2.24) is 26.1 Å². The summed E-state index contributed by atoms with van der Waals surface area (Å²) < 4.78 is 0. The summed E-state index contributed by atoms with van der Waals surface area (Å²) in [6.07, 6.45) is 7.77. The smallest absolute Gasteiger partial charge is 0.319 e. The fraction of sp³-hybridized carbons (Fsp3) is 0.542. The molecule has 2 fully saturated rings. The van der Waals surface area contributed by atoms with Gasteiger partial charge in [-0.25, -0.2) is 15.3 Å². The van der Waals surface area contributed by atoms with Gasteiger partial charge in [0, 0.05) is 31.1 Å². The number of hydrazine groups is 1. The van der Waals surface area contributed by atoms with E-state index in [4.69, 9.17) is 0 Å². The van der Waals surface area contributed by atoms with Crippen molar-refractivity contribution in [2.75, 3.05) is 7.05 Å². The van der Waals surface area contributed by atoms with Crippen LogP contribution in [0.4, 0.5) is 4.79 Å². The summed E-state index contributed by atoms with van der Waals surface area (Å²) in [6, 6.07) is 6.38. The molecule has 3 aliphatic heterocycles. The number of aryl methyl sites for hydroxylation is 1. The Hall–Kier alpha value is -2.87. The Balaban J connectivity index is 0.000000173. The molecule has 3 heterocycles. The lowest BCUT2D eigenvalue weighted by Crippen LogP contribution is -2.50. The van der Waals surface area contributed by atoms with Crippen molar-refractivity contribution < 1.29 is 9.59 Å². The van der Waals surface area contributed by atoms with Crippen LogP contribution < -0.4 is 16.1 Å². The van der Waals surface area contributed by atoms with E-state index in [1.165, 1.54) is 31.2 Å². The number of nitrogens with one attached hydrogen (secondary N) is 3. The highest BCUT2D eigenvalue weighted by Crippen LogP contribution is 2.25. The van der Waals surface area contributed by atoms with Crippen LogP contribution in [0.15, 0.2) is 35.6 Å². The predicted octanol–water partition coefficient (Wildman–Crippen LogP) is 3.16. The molecule has 1 aromatic rings. The molecule has 1 aromatic carbocycles. The Morgan fingerprint density at radius 1 is 1.19 bits per heavy atom. The second-order valence-electron chi connectivity index (χ2n) is 8.31. The van der Waals surface area contributed by atoms with Gasteiger partial charge in [0.25, 0.3) is 5.91 Å². The van der Waals surface area contributed by atoms with Crippen molar-refractivity contribution in [3.8, 4) is 0 Å². The summed E-state index contributed by atoms with van der Waals surface area (Å²) in [4.78, 5) is 24.5. The molecule has 174 valence electrons. The number of urea groups is 1. The van der Waals surface area contributed by atoms with Crippen molar-refractivity contribution in [2.45, 2.75) is 77.5 Å². The van der Waals surface area contributed by atoms with Crippen molar-refractivity contribution in [1.29, 1.82) is 0 Å². The maximum absolute atomic E-state index is 11.6. The summed E-state index contributed by atoms with van der Waals surface area (Å²) in [7, 11) is 1.84. The van der Waals surface area contributed by atoms with E-state index in [0.29, 0.717) is 11.7 Å². The lowest BCUT2D eigenvalue weighted by atomic mass is 10.0. The van der Waals surface area contributed by atoms with Crippen LogP contribution in [-0.2, 0) is 13.0 Å². The molecule has 0 bridgehead atoms. The van der Waals surface area contributed by atoms with E-state index < -0.39 is 0 Å². The molecule has 0 spiro atoms. The molecular weight excluding hydrogens is 404 g/mol. The molecule has 0 aromatic heterocycles. The third-order valence-corrected chi connectivity index (χ3v) is 6.17. The van der Waals surface area contributed by atoms with Crippen molar-refractivity contribution in [3.05, 3.63) is 47.2 Å². The molecule has 3 N–H and O–H groups in total. The van der Waals surface area contributed by atoms with Crippen LogP contribution in [0.25, 0.3) is 0 Å². The Morgan fingerprint density at radius 2 is 1.91 bits per heavy atom. The predicted molar refractivity (Wildman–Crippen MR) is 127 cm³/mol. The van der Waals surface area contributed by atoms with Crippen LogP contribution in [0.5, 0.6) is 0 Å². The quantitative estimate of drug-likeness (QED) is 0.674. The standard InChI is InChI=1S/C11H17N5O.C11H13NO.C2H6/c1-7-10(14-11(17)13-7)9-6-12-16(15-9)8-4-2-3-5-8;1-3-8-4-5-9-7-12(2)11(13)10(9)6-8;1-2/h6,8-10,15H,1-5H2,(H2,13,14,17);4-6H,3,7H2,1-2H3;1-2H3. The number of fused-ring (bicyclic) bond motifs is 1. The maximum Gasteiger partial charge on any atom is 0.319 e. The number of amides is 3. The SMILES string of the molecule is C=C1NC(=O)NC1C1C=NN(C2CCCC2)N1.CC.CCc1ccc2c(c1)C(=O)N(C)C2. The number of carbonyl (C=O) groups excluding carboxylic acids is 2. The van der Waals surface area contributed by atoms with Crippen LogP contribution in [0.2, 0.25) is 0 Å². The molecule has 8 heteroatoms. The molecule has 1 saturated heterocycles. The van der Waals surface area contributed by atoms with Gasteiger partial charge in [0.05, 0.1) is 18.1 Å². The fourth-order valence-corrected chi connectivity index (χ4v) is 4.38. The number of benzene rings is 1. The molecule has 1 saturated carbocycles. The van der Waals surface area contributed by atoms with Crippen LogP contribution in [0, 0.1) is 0 Å². The van der Waals surface area contributed by atoms with Gasteiger partial charge in [0.2, 0.25) is 0 Å².